The zero-order valence-electron chi connectivity index (χ0n) is 12.2. The van der Waals surface area contributed by atoms with E-state index in [2.05, 4.69) is 10.1 Å². The molecule has 2 aromatic heterocycles. The highest BCUT2D eigenvalue weighted by Crippen LogP contribution is 2.18. The van der Waals surface area contributed by atoms with E-state index >= 15 is 0 Å². The molecule has 0 radical (unpaired) electrons. The van der Waals surface area contributed by atoms with E-state index in [9.17, 15) is 18.0 Å². The van der Waals surface area contributed by atoms with Crippen LogP contribution in [0.15, 0.2) is 41.6 Å². The molecule has 6 nitrogen and oxygen atoms in total. The maximum absolute atomic E-state index is 12.5. The Labute approximate surface area is 133 Å². The third kappa shape index (κ3) is 3.12. The van der Waals surface area contributed by atoms with Crippen molar-refractivity contribution >= 4 is 10.9 Å². The van der Waals surface area contributed by atoms with E-state index in [1.807, 2.05) is 6.07 Å². The van der Waals surface area contributed by atoms with Gasteiger partial charge in [-0.2, -0.15) is 23.5 Å². The summed E-state index contributed by atoms with van der Waals surface area (Å²) in [5.74, 6) is 0. The van der Waals surface area contributed by atoms with Crippen molar-refractivity contribution in [1.29, 1.82) is 5.26 Å². The maximum atomic E-state index is 12.5. The van der Waals surface area contributed by atoms with Crippen molar-refractivity contribution in [1.82, 2.24) is 19.3 Å². The summed E-state index contributed by atoms with van der Waals surface area (Å²) in [5.41, 5.74) is 0.572. The molecular weight excluding hydrogens is 323 g/mol. The quantitative estimate of drug-likeness (QED) is 0.735. The number of benzene rings is 1. The molecule has 0 aliphatic heterocycles. The lowest BCUT2D eigenvalue weighted by Gasteiger charge is -2.11. The van der Waals surface area contributed by atoms with Gasteiger partial charge in [0, 0.05) is 6.20 Å². The number of alkyl halides is 3. The van der Waals surface area contributed by atoms with Gasteiger partial charge in [-0.1, -0.05) is 0 Å². The second-order valence-corrected chi connectivity index (χ2v) is 5.12. The molecule has 2 heterocycles. The van der Waals surface area contributed by atoms with Crippen LogP contribution in [0.1, 0.15) is 11.3 Å². The minimum absolute atomic E-state index is 0.0855. The largest absolute Gasteiger partial charge is 0.408 e. The molecule has 0 fully saturated rings. The second-order valence-electron chi connectivity index (χ2n) is 5.12. The van der Waals surface area contributed by atoms with Gasteiger partial charge in [0.05, 0.1) is 41.1 Å². The Kier molecular flexibility index (Phi) is 3.81. The van der Waals surface area contributed by atoms with Gasteiger partial charge in [-0.3, -0.25) is 14.0 Å². The van der Waals surface area contributed by atoms with Crippen molar-refractivity contribution in [2.45, 2.75) is 19.3 Å². The topological polar surface area (TPSA) is 76.5 Å². The van der Waals surface area contributed by atoms with Gasteiger partial charge < -0.3 is 0 Å². The number of fused-ring (bicyclic) bond motifs is 1. The molecule has 0 spiro atoms. The summed E-state index contributed by atoms with van der Waals surface area (Å²) in [6.07, 6.45) is -1.91. The maximum Gasteiger partial charge on any atom is 0.408 e. The van der Waals surface area contributed by atoms with Gasteiger partial charge in [0.15, 0.2) is 0 Å². The summed E-state index contributed by atoms with van der Waals surface area (Å²) in [4.78, 5) is 16.5. The van der Waals surface area contributed by atoms with Crippen molar-refractivity contribution in [3.05, 3.63) is 58.4 Å². The summed E-state index contributed by atoms with van der Waals surface area (Å²) >= 11 is 0. The van der Waals surface area contributed by atoms with Crippen LogP contribution in [0.3, 0.4) is 0 Å². The molecule has 0 aliphatic carbocycles. The molecule has 3 aromatic rings. The van der Waals surface area contributed by atoms with E-state index in [1.54, 1.807) is 0 Å². The predicted molar refractivity (Wildman–Crippen MR) is 78.1 cm³/mol. The molecule has 0 bridgehead atoms. The van der Waals surface area contributed by atoms with Gasteiger partial charge in [0.25, 0.3) is 5.56 Å². The lowest BCUT2D eigenvalue weighted by molar-refractivity contribution is -0.143. The SMILES string of the molecule is N#Cc1ccc2c(=O)n(Cc3ccnn3CC(F)(F)F)cnc2c1. The Morgan fingerprint density at radius 2 is 2.04 bits per heavy atom. The van der Waals surface area contributed by atoms with E-state index in [1.165, 1.54) is 41.4 Å². The normalized spacial score (nSPS) is 11.6. The summed E-state index contributed by atoms with van der Waals surface area (Å²) in [5, 5.41) is 12.8. The molecule has 3 rings (SSSR count). The van der Waals surface area contributed by atoms with Crippen LogP contribution in [-0.4, -0.2) is 25.5 Å². The Hall–Kier alpha value is -3.15. The third-order valence-electron chi connectivity index (χ3n) is 3.42. The molecule has 0 saturated heterocycles. The lowest BCUT2D eigenvalue weighted by Crippen LogP contribution is -2.25. The van der Waals surface area contributed by atoms with Crippen LogP contribution in [-0.2, 0) is 13.1 Å². The molecule has 0 N–H and O–H groups in total. The van der Waals surface area contributed by atoms with Gasteiger partial charge in [-0.15, -0.1) is 0 Å². The average molecular weight is 333 g/mol. The minimum atomic E-state index is -4.40. The highest BCUT2D eigenvalue weighted by atomic mass is 19.4. The number of hydrogen-bond acceptors (Lipinski definition) is 4. The Balaban J connectivity index is 1.97. The number of aromatic nitrogens is 4. The first-order valence-corrected chi connectivity index (χ1v) is 6.84. The molecule has 1 aromatic carbocycles. The molecular formula is C15H10F3N5O. The highest BCUT2D eigenvalue weighted by molar-refractivity contribution is 5.78. The van der Waals surface area contributed by atoms with Crippen molar-refractivity contribution < 1.29 is 13.2 Å². The number of hydrogen-bond donors (Lipinski definition) is 0. The molecule has 9 heteroatoms. The van der Waals surface area contributed by atoms with Crippen molar-refractivity contribution in [3.8, 4) is 6.07 Å². The molecule has 24 heavy (non-hydrogen) atoms. The van der Waals surface area contributed by atoms with Crippen LogP contribution in [0, 0.1) is 11.3 Å². The standard InChI is InChI=1S/C15H10F3N5O/c16-15(17,18)8-23-11(3-4-21-23)7-22-9-20-13-5-10(6-19)1-2-12(13)14(22)24/h1-5,9H,7-8H2. The zero-order valence-corrected chi connectivity index (χ0v) is 12.2. The summed E-state index contributed by atoms with van der Waals surface area (Å²) in [7, 11) is 0. The zero-order chi connectivity index (χ0) is 17.3. The Morgan fingerprint density at radius 3 is 2.75 bits per heavy atom. The second kappa shape index (κ2) is 5.81. The fourth-order valence-corrected chi connectivity index (χ4v) is 2.32. The van der Waals surface area contributed by atoms with E-state index in [0.717, 1.165) is 4.68 Å². The first-order chi connectivity index (χ1) is 11.4. The molecule has 0 unspecified atom stereocenters. The fourth-order valence-electron chi connectivity index (χ4n) is 2.32. The van der Waals surface area contributed by atoms with E-state index < -0.39 is 18.3 Å². The smallest absolute Gasteiger partial charge is 0.293 e. The van der Waals surface area contributed by atoms with Crippen molar-refractivity contribution in [2.24, 2.45) is 0 Å². The van der Waals surface area contributed by atoms with E-state index in [4.69, 9.17) is 5.26 Å². The van der Waals surface area contributed by atoms with Gasteiger partial charge in [0.1, 0.15) is 6.54 Å². The number of nitriles is 1. The summed E-state index contributed by atoms with van der Waals surface area (Å²) in [6.45, 7) is -1.31. The van der Waals surface area contributed by atoms with E-state index in [0.29, 0.717) is 16.5 Å². The van der Waals surface area contributed by atoms with Gasteiger partial charge in [-0.05, 0) is 24.3 Å². The van der Waals surface area contributed by atoms with Gasteiger partial charge in [-0.25, -0.2) is 4.98 Å². The monoisotopic (exact) mass is 333 g/mol. The van der Waals surface area contributed by atoms with Crippen molar-refractivity contribution in [2.75, 3.05) is 0 Å². The first kappa shape index (κ1) is 15.7. The van der Waals surface area contributed by atoms with Gasteiger partial charge >= 0.3 is 6.18 Å². The Morgan fingerprint density at radius 1 is 1.25 bits per heavy atom. The molecule has 122 valence electrons. The average Bonchev–Trinajstić information content (AvgIpc) is 2.94. The molecule has 0 saturated carbocycles. The first-order valence-electron chi connectivity index (χ1n) is 6.84. The summed E-state index contributed by atoms with van der Waals surface area (Å²) < 4.78 is 39.6. The predicted octanol–water partition coefficient (Wildman–Crippen LogP) is 2.08. The van der Waals surface area contributed by atoms with Crippen LogP contribution in [0.5, 0.6) is 0 Å². The lowest BCUT2D eigenvalue weighted by atomic mass is 10.2. The van der Waals surface area contributed by atoms with Crippen LogP contribution in [0.2, 0.25) is 0 Å². The minimum Gasteiger partial charge on any atom is -0.293 e. The number of nitrogens with zero attached hydrogens (tertiary/aromatic N) is 5. The van der Waals surface area contributed by atoms with Crippen LogP contribution in [0.25, 0.3) is 10.9 Å². The van der Waals surface area contributed by atoms with Crippen molar-refractivity contribution in [3.63, 3.8) is 0 Å². The van der Waals surface area contributed by atoms with Crippen LogP contribution in [0.4, 0.5) is 13.2 Å². The molecule has 0 atom stereocenters. The Bertz CT molecular complexity index is 997. The van der Waals surface area contributed by atoms with Crippen LogP contribution >= 0.6 is 0 Å². The number of halogens is 3. The van der Waals surface area contributed by atoms with Crippen LogP contribution < -0.4 is 5.56 Å². The fraction of sp³-hybridized carbons (Fsp3) is 0.200. The summed E-state index contributed by atoms with van der Waals surface area (Å²) in [6, 6.07) is 7.82. The highest BCUT2D eigenvalue weighted by Gasteiger charge is 2.29. The van der Waals surface area contributed by atoms with E-state index in [-0.39, 0.29) is 12.2 Å². The third-order valence-corrected chi connectivity index (χ3v) is 3.42. The van der Waals surface area contributed by atoms with Gasteiger partial charge in [0.2, 0.25) is 0 Å². The molecule has 0 amide bonds. The molecule has 0 aliphatic rings. The number of rotatable bonds is 3.